The molecule has 0 fully saturated rings. The Balaban J connectivity index is 2.25. The van der Waals surface area contributed by atoms with E-state index in [0.29, 0.717) is 34.2 Å². The van der Waals surface area contributed by atoms with E-state index < -0.39 is 16.1 Å². The number of nitrogens with zero attached hydrogens (tertiary/aromatic N) is 1. The van der Waals surface area contributed by atoms with Gasteiger partial charge >= 0.3 is 0 Å². The molecule has 0 aliphatic rings. The number of hydrogen-bond donors (Lipinski definition) is 0. The van der Waals surface area contributed by atoms with Crippen LogP contribution in [-0.4, -0.2) is 36.9 Å². The molecule has 0 spiro atoms. The highest BCUT2D eigenvalue weighted by Crippen LogP contribution is 2.41. The Labute approximate surface area is 195 Å². The fourth-order valence-corrected chi connectivity index (χ4v) is 5.28. The monoisotopic (exact) mass is 471 g/mol. The van der Waals surface area contributed by atoms with E-state index in [1.807, 2.05) is 6.92 Å². The second kappa shape index (κ2) is 10.0. The normalized spacial score (nSPS) is 12.1. The van der Waals surface area contributed by atoms with Crippen LogP contribution in [0.3, 0.4) is 0 Å². The Morgan fingerprint density at radius 2 is 1.33 bits per heavy atom. The standard InChI is InChI=1S/C25H29NO6S/c1-17-7-11-21(12-8-17)33(27,28)26(19-9-13-24(31-5)25(15-19)32-6)18(2)22-16-20(29-3)10-14-23(22)30-4/h7-16,18H,1-6H3. The molecule has 0 aromatic heterocycles. The highest BCUT2D eigenvalue weighted by atomic mass is 32.2. The van der Waals surface area contributed by atoms with E-state index in [1.54, 1.807) is 81.8 Å². The summed E-state index contributed by atoms with van der Waals surface area (Å²) in [5, 5.41) is 0. The quantitative estimate of drug-likeness (QED) is 0.438. The van der Waals surface area contributed by atoms with Crippen LogP contribution in [0.2, 0.25) is 0 Å². The zero-order valence-corrected chi connectivity index (χ0v) is 20.5. The van der Waals surface area contributed by atoms with E-state index in [9.17, 15) is 8.42 Å². The summed E-state index contributed by atoms with van der Waals surface area (Å²) >= 11 is 0. The highest BCUT2D eigenvalue weighted by molar-refractivity contribution is 7.92. The predicted octanol–water partition coefficient (Wildman–Crippen LogP) is 4.99. The molecule has 0 radical (unpaired) electrons. The second-order valence-electron chi connectivity index (χ2n) is 7.44. The van der Waals surface area contributed by atoms with Gasteiger partial charge in [-0.25, -0.2) is 8.42 Å². The Kier molecular flexibility index (Phi) is 7.38. The maximum Gasteiger partial charge on any atom is 0.264 e. The van der Waals surface area contributed by atoms with Gasteiger partial charge in [0.25, 0.3) is 10.0 Å². The van der Waals surface area contributed by atoms with Crippen molar-refractivity contribution in [2.75, 3.05) is 32.7 Å². The van der Waals surface area contributed by atoms with E-state index in [-0.39, 0.29) is 4.90 Å². The largest absolute Gasteiger partial charge is 0.497 e. The van der Waals surface area contributed by atoms with Gasteiger partial charge in [0.15, 0.2) is 11.5 Å². The summed E-state index contributed by atoms with van der Waals surface area (Å²) in [5.41, 5.74) is 2.04. The molecule has 0 saturated heterocycles. The lowest BCUT2D eigenvalue weighted by Gasteiger charge is -2.32. The van der Waals surface area contributed by atoms with Crippen molar-refractivity contribution in [2.45, 2.75) is 24.8 Å². The van der Waals surface area contributed by atoms with E-state index in [0.717, 1.165) is 5.56 Å². The minimum Gasteiger partial charge on any atom is -0.497 e. The van der Waals surface area contributed by atoms with Crippen LogP contribution in [0.5, 0.6) is 23.0 Å². The molecule has 3 aromatic carbocycles. The Bertz CT molecular complexity index is 1210. The first-order chi connectivity index (χ1) is 15.8. The first kappa shape index (κ1) is 24.3. The van der Waals surface area contributed by atoms with Gasteiger partial charge in [-0.15, -0.1) is 0 Å². The van der Waals surface area contributed by atoms with Crippen LogP contribution < -0.4 is 23.3 Å². The number of methoxy groups -OCH3 is 4. The van der Waals surface area contributed by atoms with E-state index in [1.165, 1.54) is 18.5 Å². The molecule has 0 aliphatic heterocycles. The predicted molar refractivity (Wildman–Crippen MR) is 128 cm³/mol. The summed E-state index contributed by atoms with van der Waals surface area (Å²) < 4.78 is 51.0. The van der Waals surface area contributed by atoms with Gasteiger partial charge in [0.1, 0.15) is 11.5 Å². The molecule has 0 saturated carbocycles. The molecule has 1 atom stereocenters. The van der Waals surface area contributed by atoms with Crippen LogP contribution in [-0.2, 0) is 10.0 Å². The second-order valence-corrected chi connectivity index (χ2v) is 9.25. The van der Waals surface area contributed by atoms with Crippen LogP contribution in [0, 0.1) is 6.92 Å². The molecule has 0 amide bonds. The summed E-state index contributed by atoms with van der Waals surface area (Å²) in [5.74, 6) is 2.06. The third-order valence-electron chi connectivity index (χ3n) is 5.44. The molecule has 3 rings (SSSR count). The molecule has 0 bridgehead atoms. The number of benzene rings is 3. The van der Waals surface area contributed by atoms with Crippen molar-refractivity contribution in [1.29, 1.82) is 0 Å². The third kappa shape index (κ3) is 4.85. The van der Waals surface area contributed by atoms with Gasteiger partial charge in [-0.05, 0) is 56.3 Å². The SMILES string of the molecule is COc1ccc(OC)c(C(C)N(c2ccc(OC)c(OC)c2)S(=O)(=O)c2ccc(C)cc2)c1. The van der Waals surface area contributed by atoms with Gasteiger partial charge in [0.2, 0.25) is 0 Å². The number of aryl methyl sites for hydroxylation is 1. The number of ether oxygens (including phenoxy) is 4. The van der Waals surface area contributed by atoms with E-state index in [4.69, 9.17) is 18.9 Å². The van der Waals surface area contributed by atoms with Crippen LogP contribution >= 0.6 is 0 Å². The van der Waals surface area contributed by atoms with Crippen molar-refractivity contribution in [3.05, 3.63) is 71.8 Å². The Morgan fingerprint density at radius 1 is 0.727 bits per heavy atom. The van der Waals surface area contributed by atoms with Crippen molar-refractivity contribution in [1.82, 2.24) is 0 Å². The van der Waals surface area contributed by atoms with Crippen LogP contribution in [0.25, 0.3) is 0 Å². The number of hydrogen-bond acceptors (Lipinski definition) is 6. The van der Waals surface area contributed by atoms with Crippen LogP contribution in [0.1, 0.15) is 24.1 Å². The lowest BCUT2D eigenvalue weighted by molar-refractivity contribution is 0.355. The highest BCUT2D eigenvalue weighted by Gasteiger charge is 2.32. The van der Waals surface area contributed by atoms with Crippen LogP contribution in [0.4, 0.5) is 5.69 Å². The zero-order chi connectivity index (χ0) is 24.2. The molecule has 0 aliphatic carbocycles. The summed E-state index contributed by atoms with van der Waals surface area (Å²) in [6.45, 7) is 3.71. The van der Waals surface area contributed by atoms with Gasteiger partial charge in [0.05, 0.1) is 45.1 Å². The van der Waals surface area contributed by atoms with E-state index in [2.05, 4.69) is 0 Å². The fourth-order valence-electron chi connectivity index (χ4n) is 3.65. The first-order valence-corrected chi connectivity index (χ1v) is 11.8. The summed E-state index contributed by atoms with van der Waals surface area (Å²) in [6.07, 6.45) is 0. The van der Waals surface area contributed by atoms with Crippen LogP contribution in [0.15, 0.2) is 65.6 Å². The molecular weight excluding hydrogens is 442 g/mol. The lowest BCUT2D eigenvalue weighted by Crippen LogP contribution is -2.34. The maximum atomic E-state index is 13.9. The van der Waals surface area contributed by atoms with E-state index >= 15 is 0 Å². The van der Waals surface area contributed by atoms with Gasteiger partial charge < -0.3 is 18.9 Å². The van der Waals surface area contributed by atoms with Gasteiger partial charge in [-0.1, -0.05) is 17.7 Å². The first-order valence-electron chi connectivity index (χ1n) is 10.3. The van der Waals surface area contributed by atoms with Crippen molar-refractivity contribution < 1.29 is 27.4 Å². The minimum atomic E-state index is -3.97. The third-order valence-corrected chi connectivity index (χ3v) is 7.35. The number of anilines is 1. The number of sulfonamides is 1. The fraction of sp³-hybridized carbons (Fsp3) is 0.280. The van der Waals surface area contributed by atoms with Gasteiger partial charge in [-0.3, -0.25) is 4.31 Å². The molecule has 7 nitrogen and oxygen atoms in total. The molecule has 1 unspecified atom stereocenters. The molecule has 33 heavy (non-hydrogen) atoms. The van der Waals surface area contributed by atoms with Crippen molar-refractivity contribution in [3.8, 4) is 23.0 Å². The minimum absolute atomic E-state index is 0.177. The molecule has 0 N–H and O–H groups in total. The van der Waals surface area contributed by atoms with Crippen molar-refractivity contribution in [3.63, 3.8) is 0 Å². The molecule has 0 heterocycles. The lowest BCUT2D eigenvalue weighted by atomic mass is 10.1. The molecule has 8 heteroatoms. The Morgan fingerprint density at radius 3 is 1.91 bits per heavy atom. The molecule has 3 aromatic rings. The summed E-state index contributed by atoms with van der Waals surface area (Å²) in [4.78, 5) is 0.177. The maximum absolute atomic E-state index is 13.9. The smallest absolute Gasteiger partial charge is 0.264 e. The summed E-state index contributed by atoms with van der Waals surface area (Å²) in [7, 11) is 2.18. The summed E-state index contributed by atoms with van der Waals surface area (Å²) in [6, 6.07) is 16.4. The average molecular weight is 472 g/mol. The Hall–Kier alpha value is -3.39. The van der Waals surface area contributed by atoms with Gasteiger partial charge in [-0.2, -0.15) is 0 Å². The zero-order valence-electron chi connectivity index (χ0n) is 19.7. The van der Waals surface area contributed by atoms with Crippen molar-refractivity contribution >= 4 is 15.7 Å². The average Bonchev–Trinajstić information content (AvgIpc) is 2.83. The molecule has 176 valence electrons. The topological polar surface area (TPSA) is 74.3 Å². The number of rotatable bonds is 9. The molecular formula is C25H29NO6S. The van der Waals surface area contributed by atoms with Crippen molar-refractivity contribution in [2.24, 2.45) is 0 Å². The van der Waals surface area contributed by atoms with Gasteiger partial charge in [0, 0.05) is 11.6 Å².